The molecule has 0 aliphatic carbocycles. The van der Waals surface area contributed by atoms with Crippen molar-refractivity contribution in [2.24, 2.45) is 5.92 Å². The first kappa shape index (κ1) is 13.1. The Morgan fingerprint density at radius 1 is 1.35 bits per heavy atom. The normalized spacial score (nSPS) is 16.4. The van der Waals surface area contributed by atoms with Crippen LogP contribution < -0.4 is 10.6 Å². The van der Waals surface area contributed by atoms with Gasteiger partial charge in [-0.05, 0) is 56.5 Å². The van der Waals surface area contributed by atoms with Crippen molar-refractivity contribution in [3.63, 3.8) is 0 Å². The summed E-state index contributed by atoms with van der Waals surface area (Å²) in [4.78, 5) is 12.0. The lowest BCUT2D eigenvalue weighted by molar-refractivity contribution is -0.116. The van der Waals surface area contributed by atoms with Crippen LogP contribution in [0.15, 0.2) is 24.4 Å². The van der Waals surface area contributed by atoms with Gasteiger partial charge in [-0.3, -0.25) is 9.89 Å². The van der Waals surface area contributed by atoms with Gasteiger partial charge in [0.1, 0.15) is 0 Å². The lowest BCUT2D eigenvalue weighted by Gasteiger charge is -2.22. The number of nitrogens with one attached hydrogen (secondary N) is 3. The first-order valence-electron chi connectivity index (χ1n) is 7.25. The van der Waals surface area contributed by atoms with Crippen LogP contribution in [0.1, 0.15) is 25.7 Å². The predicted octanol–water partition coefficient (Wildman–Crippen LogP) is 2.28. The van der Waals surface area contributed by atoms with Crippen LogP contribution in [0, 0.1) is 5.92 Å². The van der Waals surface area contributed by atoms with Crippen molar-refractivity contribution in [2.45, 2.75) is 25.7 Å². The summed E-state index contributed by atoms with van der Waals surface area (Å²) >= 11 is 0. The zero-order valence-electron chi connectivity index (χ0n) is 11.5. The Morgan fingerprint density at radius 2 is 2.20 bits per heavy atom. The minimum Gasteiger partial charge on any atom is -0.326 e. The smallest absolute Gasteiger partial charge is 0.224 e. The number of hydrogen-bond donors (Lipinski definition) is 3. The first-order valence-corrected chi connectivity index (χ1v) is 7.25. The summed E-state index contributed by atoms with van der Waals surface area (Å²) in [5, 5.41) is 14.2. The van der Waals surface area contributed by atoms with E-state index < -0.39 is 0 Å². The third kappa shape index (κ3) is 3.17. The number of aromatic amines is 1. The number of H-pyrrole nitrogens is 1. The molecule has 5 nitrogen and oxygen atoms in total. The van der Waals surface area contributed by atoms with Gasteiger partial charge in [-0.2, -0.15) is 5.10 Å². The number of amides is 1. The highest BCUT2D eigenvalue weighted by atomic mass is 16.1. The van der Waals surface area contributed by atoms with Gasteiger partial charge in [0.15, 0.2) is 0 Å². The van der Waals surface area contributed by atoms with Gasteiger partial charge in [-0.15, -0.1) is 0 Å². The largest absolute Gasteiger partial charge is 0.326 e. The Bertz CT molecular complexity index is 586. The van der Waals surface area contributed by atoms with E-state index in [1.54, 1.807) is 6.20 Å². The Hall–Kier alpha value is -1.88. The molecule has 1 aliphatic rings. The molecular weight excluding hydrogens is 252 g/mol. The molecule has 5 heteroatoms. The van der Waals surface area contributed by atoms with E-state index in [0.29, 0.717) is 12.3 Å². The lowest BCUT2D eigenvalue weighted by atomic mass is 9.93. The molecule has 1 fully saturated rings. The minimum atomic E-state index is 0.0994. The van der Waals surface area contributed by atoms with Crippen LogP contribution in [0.2, 0.25) is 0 Å². The minimum absolute atomic E-state index is 0.0994. The summed E-state index contributed by atoms with van der Waals surface area (Å²) in [7, 11) is 0. The van der Waals surface area contributed by atoms with Crippen molar-refractivity contribution in [3.05, 3.63) is 24.4 Å². The molecule has 0 saturated carbocycles. The number of nitrogens with zero attached hydrogens (tertiary/aromatic N) is 1. The van der Waals surface area contributed by atoms with E-state index in [0.717, 1.165) is 36.1 Å². The summed E-state index contributed by atoms with van der Waals surface area (Å²) in [6.07, 6.45) is 5.74. The first-order chi connectivity index (χ1) is 9.81. The van der Waals surface area contributed by atoms with Crippen molar-refractivity contribution >= 4 is 22.5 Å². The van der Waals surface area contributed by atoms with E-state index in [1.165, 1.54) is 12.8 Å². The molecule has 1 aromatic heterocycles. The van der Waals surface area contributed by atoms with Gasteiger partial charge in [-0.1, -0.05) is 0 Å². The second kappa shape index (κ2) is 6.05. The van der Waals surface area contributed by atoms with Gasteiger partial charge in [-0.25, -0.2) is 0 Å². The molecule has 0 spiro atoms. The van der Waals surface area contributed by atoms with Gasteiger partial charge in [0.25, 0.3) is 0 Å². The van der Waals surface area contributed by atoms with Gasteiger partial charge >= 0.3 is 0 Å². The third-order valence-corrected chi connectivity index (χ3v) is 3.96. The number of carbonyl (C=O) groups excluding carboxylic acids is 1. The lowest BCUT2D eigenvalue weighted by Crippen LogP contribution is -2.28. The molecule has 0 bridgehead atoms. The standard InChI is InChI=1S/C15H20N4O/c20-15(4-1-11-5-7-16-8-6-11)18-13-3-2-12-10-17-19-14(12)9-13/h2-3,9-11,16H,1,4-8H2,(H,17,19)(H,18,20). The predicted molar refractivity (Wildman–Crippen MR) is 79.6 cm³/mol. The van der Waals surface area contributed by atoms with Crippen LogP contribution in [-0.4, -0.2) is 29.2 Å². The Balaban J connectivity index is 1.52. The van der Waals surface area contributed by atoms with Crippen LogP contribution in [0.25, 0.3) is 10.9 Å². The highest BCUT2D eigenvalue weighted by Gasteiger charge is 2.14. The van der Waals surface area contributed by atoms with E-state index in [2.05, 4.69) is 20.8 Å². The van der Waals surface area contributed by atoms with Crippen molar-refractivity contribution in [1.29, 1.82) is 0 Å². The molecule has 0 unspecified atom stereocenters. The summed E-state index contributed by atoms with van der Waals surface area (Å²) in [6, 6.07) is 5.80. The summed E-state index contributed by atoms with van der Waals surface area (Å²) in [6.45, 7) is 2.17. The van der Waals surface area contributed by atoms with Crippen molar-refractivity contribution in [3.8, 4) is 0 Å². The van der Waals surface area contributed by atoms with Crippen LogP contribution in [0.3, 0.4) is 0 Å². The topological polar surface area (TPSA) is 69.8 Å². The highest BCUT2D eigenvalue weighted by Crippen LogP contribution is 2.19. The monoisotopic (exact) mass is 272 g/mol. The molecule has 0 atom stereocenters. The molecule has 20 heavy (non-hydrogen) atoms. The molecule has 2 heterocycles. The maximum absolute atomic E-state index is 12.0. The Morgan fingerprint density at radius 3 is 3.05 bits per heavy atom. The number of carbonyl (C=O) groups is 1. The molecule has 1 aliphatic heterocycles. The fourth-order valence-corrected chi connectivity index (χ4v) is 2.74. The number of anilines is 1. The molecule has 3 N–H and O–H groups in total. The number of benzene rings is 1. The molecule has 2 aromatic rings. The van der Waals surface area contributed by atoms with Crippen LogP contribution >= 0.6 is 0 Å². The molecule has 106 valence electrons. The maximum Gasteiger partial charge on any atom is 0.224 e. The van der Waals surface area contributed by atoms with Crippen LogP contribution in [0.4, 0.5) is 5.69 Å². The van der Waals surface area contributed by atoms with E-state index >= 15 is 0 Å². The van der Waals surface area contributed by atoms with Gasteiger partial charge in [0.2, 0.25) is 5.91 Å². The number of hydrogen-bond acceptors (Lipinski definition) is 3. The third-order valence-electron chi connectivity index (χ3n) is 3.96. The van der Waals surface area contributed by atoms with Crippen molar-refractivity contribution < 1.29 is 4.79 Å². The Labute approximate surface area is 118 Å². The van der Waals surface area contributed by atoms with E-state index in [1.807, 2.05) is 18.2 Å². The fourth-order valence-electron chi connectivity index (χ4n) is 2.74. The molecule has 3 rings (SSSR count). The molecular formula is C15H20N4O. The summed E-state index contributed by atoms with van der Waals surface area (Å²) < 4.78 is 0. The average Bonchev–Trinajstić information content (AvgIpc) is 2.94. The average molecular weight is 272 g/mol. The second-order valence-electron chi connectivity index (χ2n) is 5.45. The highest BCUT2D eigenvalue weighted by molar-refractivity contribution is 5.93. The quantitative estimate of drug-likeness (QED) is 0.799. The fraction of sp³-hybridized carbons (Fsp3) is 0.467. The van der Waals surface area contributed by atoms with Crippen LogP contribution in [0.5, 0.6) is 0 Å². The Kier molecular flexibility index (Phi) is 3.97. The number of fused-ring (bicyclic) bond motifs is 1. The zero-order valence-corrected chi connectivity index (χ0v) is 11.5. The maximum atomic E-state index is 12.0. The molecule has 0 radical (unpaired) electrons. The van der Waals surface area contributed by atoms with Gasteiger partial charge in [0, 0.05) is 17.5 Å². The van der Waals surface area contributed by atoms with Gasteiger partial charge in [0.05, 0.1) is 11.7 Å². The zero-order chi connectivity index (χ0) is 13.8. The van der Waals surface area contributed by atoms with Crippen molar-refractivity contribution in [1.82, 2.24) is 15.5 Å². The van der Waals surface area contributed by atoms with E-state index in [-0.39, 0.29) is 5.91 Å². The van der Waals surface area contributed by atoms with Crippen LogP contribution in [-0.2, 0) is 4.79 Å². The number of piperidine rings is 1. The number of aromatic nitrogens is 2. The number of rotatable bonds is 4. The summed E-state index contributed by atoms with van der Waals surface area (Å²) in [5.41, 5.74) is 1.78. The van der Waals surface area contributed by atoms with E-state index in [9.17, 15) is 4.79 Å². The molecule has 1 saturated heterocycles. The van der Waals surface area contributed by atoms with E-state index in [4.69, 9.17) is 0 Å². The van der Waals surface area contributed by atoms with Gasteiger partial charge < -0.3 is 10.6 Å². The SMILES string of the molecule is O=C(CCC1CCNCC1)Nc1ccc2cn[nH]c2c1. The second-order valence-corrected chi connectivity index (χ2v) is 5.45. The summed E-state index contributed by atoms with van der Waals surface area (Å²) in [5.74, 6) is 0.791. The van der Waals surface area contributed by atoms with Crippen molar-refractivity contribution in [2.75, 3.05) is 18.4 Å². The molecule has 1 aromatic carbocycles. The molecule has 1 amide bonds.